The summed E-state index contributed by atoms with van der Waals surface area (Å²) in [4.78, 5) is 0. The van der Waals surface area contributed by atoms with Crippen LogP contribution in [-0.2, 0) is 10.1 Å². The van der Waals surface area contributed by atoms with E-state index in [0.717, 1.165) is 0 Å². The van der Waals surface area contributed by atoms with E-state index < -0.39 is 15.4 Å². The molecule has 6 heteroatoms. The van der Waals surface area contributed by atoms with Gasteiger partial charge in [0.05, 0.1) is 16.2 Å². The number of aliphatic hydroxyl groups excluding tert-OH is 1. The van der Waals surface area contributed by atoms with Gasteiger partial charge in [-0.2, -0.15) is 0 Å². The van der Waals surface area contributed by atoms with Gasteiger partial charge in [-0.25, -0.2) is 8.42 Å². The van der Waals surface area contributed by atoms with Crippen molar-refractivity contribution in [3.05, 3.63) is 0 Å². The molecule has 2 unspecified atom stereocenters. The molecular weight excluding hydrogens is 231 g/mol. The number of hydrogen-bond donors (Lipinski definition) is 1. The molecule has 0 amide bonds. The molecule has 0 heterocycles. The van der Waals surface area contributed by atoms with E-state index in [1.54, 1.807) is 0 Å². The van der Waals surface area contributed by atoms with E-state index in [9.17, 15) is 13.0 Å². The Morgan fingerprint density at radius 3 is 2.21 bits per heavy atom. The van der Waals surface area contributed by atoms with E-state index >= 15 is 0 Å². The fourth-order valence-electron chi connectivity index (χ4n) is 0.989. The Morgan fingerprint density at radius 2 is 1.86 bits per heavy atom. The summed E-state index contributed by atoms with van der Waals surface area (Å²) in [6, 6.07) is 0. The molecule has 0 aromatic carbocycles. The van der Waals surface area contributed by atoms with Gasteiger partial charge in [0.25, 0.3) is 0 Å². The molecule has 0 spiro atoms. The first-order valence-electron chi connectivity index (χ1n) is 4.50. The first-order valence-corrected chi connectivity index (χ1v) is 5.97. The summed E-state index contributed by atoms with van der Waals surface area (Å²) in [5, 5.41) is 8.31. The second-order valence-electron chi connectivity index (χ2n) is 3.30. The van der Waals surface area contributed by atoms with Crippen LogP contribution in [0, 0.1) is 0 Å². The average Bonchev–Trinajstić information content (AvgIpc) is 2.02. The molecule has 0 bridgehead atoms. The topological polar surface area (TPSA) is 77.4 Å². The molecule has 0 radical (unpaired) electrons. The SMILES string of the molecule is CCC(O)CCCC(C)S(=O)(=O)[O-].[K+]. The van der Waals surface area contributed by atoms with Crippen LogP contribution in [0.5, 0.6) is 0 Å². The van der Waals surface area contributed by atoms with Gasteiger partial charge >= 0.3 is 51.4 Å². The van der Waals surface area contributed by atoms with Crippen LogP contribution in [0.1, 0.15) is 39.5 Å². The van der Waals surface area contributed by atoms with Crippen molar-refractivity contribution in [3.8, 4) is 0 Å². The zero-order chi connectivity index (χ0) is 10.5. The summed E-state index contributed by atoms with van der Waals surface area (Å²) in [6.45, 7) is 3.26. The summed E-state index contributed by atoms with van der Waals surface area (Å²) in [5.74, 6) is 0. The van der Waals surface area contributed by atoms with Gasteiger partial charge < -0.3 is 9.66 Å². The molecule has 0 aliphatic carbocycles. The van der Waals surface area contributed by atoms with Crippen LogP contribution in [0.15, 0.2) is 0 Å². The molecule has 14 heavy (non-hydrogen) atoms. The van der Waals surface area contributed by atoms with Crippen molar-refractivity contribution in [2.45, 2.75) is 50.9 Å². The first kappa shape index (κ1) is 17.9. The quantitative estimate of drug-likeness (QED) is 0.430. The standard InChI is InChI=1S/C8H18O4S.K/c1-3-8(9)6-4-5-7(2)13(10,11)12;/h7-9H,3-6H2,1-2H3,(H,10,11,12);/q;+1/p-1. The third-order valence-corrected chi connectivity index (χ3v) is 3.33. The Kier molecular flexibility index (Phi) is 11.0. The largest absolute Gasteiger partial charge is 1.00 e. The number of aliphatic hydroxyl groups is 1. The van der Waals surface area contributed by atoms with Gasteiger partial charge in [0.2, 0.25) is 0 Å². The average molecular weight is 248 g/mol. The Morgan fingerprint density at radius 1 is 1.36 bits per heavy atom. The monoisotopic (exact) mass is 248 g/mol. The molecule has 0 saturated carbocycles. The van der Waals surface area contributed by atoms with E-state index in [1.807, 2.05) is 6.92 Å². The van der Waals surface area contributed by atoms with Gasteiger partial charge in [0.15, 0.2) is 0 Å². The van der Waals surface area contributed by atoms with Crippen molar-refractivity contribution in [2.24, 2.45) is 0 Å². The maximum absolute atomic E-state index is 10.5. The number of hydrogen-bond acceptors (Lipinski definition) is 4. The Bertz CT molecular complexity index is 227. The van der Waals surface area contributed by atoms with Gasteiger partial charge in [0.1, 0.15) is 0 Å². The molecule has 80 valence electrons. The molecule has 4 nitrogen and oxygen atoms in total. The molecule has 0 aromatic heterocycles. The molecule has 0 aliphatic heterocycles. The Balaban J connectivity index is 0. The minimum Gasteiger partial charge on any atom is -0.748 e. The normalized spacial score (nSPS) is 15.7. The Labute approximate surface area is 129 Å². The summed E-state index contributed by atoms with van der Waals surface area (Å²) >= 11 is 0. The maximum atomic E-state index is 10.5. The van der Waals surface area contributed by atoms with Crippen LogP contribution in [0.25, 0.3) is 0 Å². The van der Waals surface area contributed by atoms with Crippen molar-refractivity contribution in [1.29, 1.82) is 0 Å². The second kappa shape index (κ2) is 8.63. The van der Waals surface area contributed by atoms with Crippen molar-refractivity contribution < 1.29 is 69.5 Å². The van der Waals surface area contributed by atoms with Gasteiger partial charge in [-0.1, -0.05) is 6.92 Å². The van der Waals surface area contributed by atoms with Crippen LogP contribution in [0.2, 0.25) is 0 Å². The van der Waals surface area contributed by atoms with Crippen LogP contribution in [0.3, 0.4) is 0 Å². The number of rotatable bonds is 6. The molecule has 0 fully saturated rings. The fraction of sp³-hybridized carbons (Fsp3) is 1.00. The van der Waals surface area contributed by atoms with Crippen LogP contribution >= 0.6 is 0 Å². The predicted octanol–water partition coefficient (Wildman–Crippen LogP) is -2.13. The zero-order valence-corrected chi connectivity index (χ0v) is 13.0. The van der Waals surface area contributed by atoms with Crippen LogP contribution < -0.4 is 51.4 Å². The minimum absolute atomic E-state index is 0. The van der Waals surface area contributed by atoms with Gasteiger partial charge in [0, 0.05) is 5.25 Å². The summed E-state index contributed by atoms with van der Waals surface area (Å²) in [5.41, 5.74) is 0. The van der Waals surface area contributed by atoms with Crippen LogP contribution in [-0.4, -0.2) is 29.4 Å². The van der Waals surface area contributed by atoms with Gasteiger partial charge in [-0.3, -0.25) is 0 Å². The molecule has 0 aliphatic rings. The van der Waals surface area contributed by atoms with Crippen molar-refractivity contribution in [1.82, 2.24) is 0 Å². The van der Waals surface area contributed by atoms with Crippen molar-refractivity contribution in [3.63, 3.8) is 0 Å². The second-order valence-corrected chi connectivity index (χ2v) is 5.09. The summed E-state index contributed by atoms with van der Waals surface area (Å²) in [6.07, 6.45) is 1.77. The molecule has 2 atom stereocenters. The van der Waals surface area contributed by atoms with E-state index in [4.69, 9.17) is 5.11 Å². The van der Waals surface area contributed by atoms with E-state index in [2.05, 4.69) is 0 Å². The first-order chi connectivity index (χ1) is 5.88. The van der Waals surface area contributed by atoms with E-state index in [1.165, 1.54) is 6.92 Å². The third kappa shape index (κ3) is 8.79. The fourth-order valence-corrected chi connectivity index (χ4v) is 1.44. The van der Waals surface area contributed by atoms with E-state index in [-0.39, 0.29) is 57.5 Å². The molecule has 0 rings (SSSR count). The van der Waals surface area contributed by atoms with Crippen molar-refractivity contribution >= 4 is 10.1 Å². The maximum Gasteiger partial charge on any atom is 1.00 e. The molecular formula is C8H17KO4S. The zero-order valence-electron chi connectivity index (χ0n) is 9.06. The smallest absolute Gasteiger partial charge is 0.748 e. The summed E-state index contributed by atoms with van der Waals surface area (Å²) in [7, 11) is -4.14. The Hall–Kier alpha value is 1.51. The molecule has 0 saturated heterocycles. The minimum atomic E-state index is -4.14. The van der Waals surface area contributed by atoms with Gasteiger partial charge in [-0.15, -0.1) is 0 Å². The molecule has 1 N–H and O–H groups in total. The summed E-state index contributed by atoms with van der Waals surface area (Å²) < 4.78 is 31.4. The molecule has 0 aromatic rings. The third-order valence-electron chi connectivity index (χ3n) is 2.11. The van der Waals surface area contributed by atoms with Crippen LogP contribution in [0.4, 0.5) is 0 Å². The van der Waals surface area contributed by atoms with E-state index in [0.29, 0.717) is 25.7 Å². The van der Waals surface area contributed by atoms with Gasteiger partial charge in [-0.05, 0) is 32.6 Å². The predicted molar refractivity (Wildman–Crippen MR) is 49.3 cm³/mol. The van der Waals surface area contributed by atoms with Crippen molar-refractivity contribution in [2.75, 3.05) is 0 Å².